The Hall–Kier alpha value is -2.57. The van der Waals surface area contributed by atoms with Crippen molar-refractivity contribution in [2.24, 2.45) is 11.8 Å². The van der Waals surface area contributed by atoms with Gasteiger partial charge >= 0.3 is 0 Å². The summed E-state index contributed by atoms with van der Waals surface area (Å²) in [7, 11) is 0. The second kappa shape index (κ2) is 8.17. The van der Waals surface area contributed by atoms with E-state index in [1.54, 1.807) is 30.5 Å². The predicted molar refractivity (Wildman–Crippen MR) is 120 cm³/mol. The maximum atomic E-state index is 13.8. The Morgan fingerprint density at radius 1 is 1.16 bits per heavy atom. The molecule has 2 unspecified atom stereocenters. The minimum absolute atomic E-state index is 0.0313. The molecule has 1 saturated carbocycles. The van der Waals surface area contributed by atoms with Gasteiger partial charge in [-0.2, -0.15) is 0 Å². The number of benzene rings is 1. The van der Waals surface area contributed by atoms with Gasteiger partial charge in [-0.25, -0.2) is 9.37 Å². The summed E-state index contributed by atoms with van der Waals surface area (Å²) in [4.78, 5) is 23.4. The molecule has 160 valence electrons. The van der Waals surface area contributed by atoms with Crippen LogP contribution < -0.4 is 5.32 Å². The van der Waals surface area contributed by atoms with Crippen molar-refractivity contribution >= 4 is 34.1 Å². The third-order valence-electron chi connectivity index (χ3n) is 6.88. The molecule has 1 saturated heterocycles. The van der Waals surface area contributed by atoms with Crippen molar-refractivity contribution in [1.82, 2.24) is 14.9 Å². The van der Waals surface area contributed by atoms with Gasteiger partial charge in [0.1, 0.15) is 11.0 Å². The van der Waals surface area contributed by atoms with E-state index >= 15 is 0 Å². The number of rotatable bonds is 4. The van der Waals surface area contributed by atoms with Gasteiger partial charge in [-0.15, -0.1) is 0 Å². The van der Waals surface area contributed by atoms with Gasteiger partial charge in [-0.1, -0.05) is 11.6 Å². The Morgan fingerprint density at radius 3 is 2.65 bits per heavy atom. The summed E-state index contributed by atoms with van der Waals surface area (Å²) in [5, 5.41) is 4.25. The molecule has 1 amide bonds. The van der Waals surface area contributed by atoms with E-state index in [-0.39, 0.29) is 17.8 Å². The first-order valence-electron chi connectivity index (χ1n) is 10.7. The van der Waals surface area contributed by atoms with Crippen molar-refractivity contribution in [3.05, 3.63) is 65.3 Å². The zero-order valence-electron chi connectivity index (χ0n) is 17.3. The molecule has 0 spiro atoms. The van der Waals surface area contributed by atoms with Crippen molar-refractivity contribution in [2.45, 2.75) is 31.7 Å². The molecule has 2 aliphatic rings. The lowest BCUT2D eigenvalue weighted by atomic mass is 9.93. The SMILES string of the molecule is CC(C(=O)Nc1ccc(Cl)nc1)N1C[C@H]2CC(c3ccnc4ccc(F)cc34)C[C@H]2C1. The second-order valence-corrected chi connectivity index (χ2v) is 9.13. The molecule has 5 rings (SSSR count). The summed E-state index contributed by atoms with van der Waals surface area (Å²) in [6, 6.07) is 10.1. The zero-order chi connectivity index (χ0) is 21.5. The molecular weight excluding hydrogens is 415 g/mol. The van der Waals surface area contributed by atoms with E-state index in [4.69, 9.17) is 11.6 Å². The summed E-state index contributed by atoms with van der Waals surface area (Å²) >= 11 is 5.81. The summed E-state index contributed by atoms with van der Waals surface area (Å²) in [6.45, 7) is 3.77. The lowest BCUT2D eigenvalue weighted by Gasteiger charge is -2.25. The van der Waals surface area contributed by atoms with Crippen LogP contribution in [0.5, 0.6) is 0 Å². The minimum atomic E-state index is -0.221. The monoisotopic (exact) mass is 438 g/mol. The number of pyridine rings is 2. The molecule has 1 aliphatic heterocycles. The van der Waals surface area contributed by atoms with Gasteiger partial charge in [-0.05, 0) is 79.5 Å². The first-order chi connectivity index (χ1) is 15.0. The van der Waals surface area contributed by atoms with Gasteiger partial charge < -0.3 is 5.32 Å². The number of carbonyl (C=O) groups is 1. The average molecular weight is 439 g/mol. The van der Waals surface area contributed by atoms with Gasteiger partial charge in [-0.3, -0.25) is 14.7 Å². The van der Waals surface area contributed by atoms with Crippen LogP contribution in [0, 0.1) is 17.7 Å². The number of fused-ring (bicyclic) bond motifs is 2. The lowest BCUT2D eigenvalue weighted by molar-refractivity contribution is -0.120. The number of anilines is 1. The van der Waals surface area contributed by atoms with Crippen LogP contribution in [-0.2, 0) is 4.79 Å². The van der Waals surface area contributed by atoms with Crippen molar-refractivity contribution in [2.75, 3.05) is 18.4 Å². The van der Waals surface area contributed by atoms with E-state index in [9.17, 15) is 9.18 Å². The van der Waals surface area contributed by atoms with Gasteiger partial charge in [0, 0.05) is 24.7 Å². The van der Waals surface area contributed by atoms with Crippen LogP contribution in [0.2, 0.25) is 5.15 Å². The Morgan fingerprint density at radius 2 is 1.94 bits per heavy atom. The molecule has 2 fully saturated rings. The van der Waals surface area contributed by atoms with Crippen LogP contribution in [0.15, 0.2) is 48.8 Å². The van der Waals surface area contributed by atoms with Crippen molar-refractivity contribution in [1.29, 1.82) is 0 Å². The van der Waals surface area contributed by atoms with Crippen LogP contribution in [0.4, 0.5) is 10.1 Å². The lowest BCUT2D eigenvalue weighted by Crippen LogP contribution is -2.41. The Labute approximate surface area is 185 Å². The fourth-order valence-electron chi connectivity index (χ4n) is 5.26. The Bertz CT molecular complexity index is 1110. The molecule has 2 aromatic heterocycles. The smallest absolute Gasteiger partial charge is 0.241 e. The highest BCUT2D eigenvalue weighted by Gasteiger charge is 2.43. The highest BCUT2D eigenvalue weighted by atomic mass is 35.5. The number of aromatic nitrogens is 2. The number of carbonyl (C=O) groups excluding carboxylic acids is 1. The van der Waals surface area contributed by atoms with E-state index < -0.39 is 0 Å². The van der Waals surface area contributed by atoms with E-state index in [0.29, 0.717) is 28.6 Å². The molecule has 0 bridgehead atoms. The molecule has 3 aromatic rings. The average Bonchev–Trinajstić information content (AvgIpc) is 3.33. The van der Waals surface area contributed by atoms with Crippen LogP contribution in [0.25, 0.3) is 10.9 Å². The predicted octanol–water partition coefficient (Wildman–Crippen LogP) is 4.87. The number of amides is 1. The fourth-order valence-corrected chi connectivity index (χ4v) is 5.38. The summed E-state index contributed by atoms with van der Waals surface area (Å²) in [5.74, 6) is 1.26. The minimum Gasteiger partial charge on any atom is -0.323 e. The number of nitrogens with zero attached hydrogens (tertiary/aromatic N) is 3. The van der Waals surface area contributed by atoms with Gasteiger partial charge in [0.2, 0.25) is 5.91 Å². The number of nitrogens with one attached hydrogen (secondary N) is 1. The molecule has 0 radical (unpaired) electrons. The van der Waals surface area contributed by atoms with Crippen molar-refractivity contribution in [3.63, 3.8) is 0 Å². The summed E-state index contributed by atoms with van der Waals surface area (Å²) in [5.41, 5.74) is 2.70. The maximum absolute atomic E-state index is 13.8. The van der Waals surface area contributed by atoms with E-state index in [0.717, 1.165) is 36.8 Å². The topological polar surface area (TPSA) is 58.1 Å². The molecule has 4 atom stereocenters. The second-order valence-electron chi connectivity index (χ2n) is 8.74. The molecule has 1 aromatic carbocycles. The molecule has 1 aliphatic carbocycles. The Kier molecular flexibility index (Phi) is 5.36. The van der Waals surface area contributed by atoms with E-state index in [1.807, 2.05) is 19.2 Å². The van der Waals surface area contributed by atoms with Gasteiger partial charge in [0.15, 0.2) is 0 Å². The molecule has 7 heteroatoms. The first kappa shape index (κ1) is 20.3. The van der Waals surface area contributed by atoms with Crippen LogP contribution in [-0.4, -0.2) is 39.9 Å². The van der Waals surface area contributed by atoms with E-state index in [1.165, 1.54) is 11.6 Å². The normalized spacial score (nSPS) is 24.3. The summed E-state index contributed by atoms with van der Waals surface area (Å²) < 4.78 is 13.8. The number of hydrogen-bond donors (Lipinski definition) is 1. The van der Waals surface area contributed by atoms with Crippen molar-refractivity contribution < 1.29 is 9.18 Å². The Balaban J connectivity index is 1.24. The number of halogens is 2. The standard InChI is InChI=1S/C24H24ClFN4O/c1-14(24(31)29-19-3-5-23(25)28-11-19)30-12-16-8-15(9-17(16)13-30)20-6-7-27-22-4-2-18(26)10-21(20)22/h2-7,10-11,14-17H,8-9,12-13H2,1H3,(H,29,31)/t14?,15?,16-,17+. The summed E-state index contributed by atoms with van der Waals surface area (Å²) in [6.07, 6.45) is 5.52. The molecule has 1 N–H and O–H groups in total. The molecule has 3 heterocycles. The third-order valence-corrected chi connectivity index (χ3v) is 7.10. The fraction of sp³-hybridized carbons (Fsp3) is 0.375. The van der Waals surface area contributed by atoms with Crippen LogP contribution in [0.3, 0.4) is 0 Å². The zero-order valence-corrected chi connectivity index (χ0v) is 18.0. The highest BCUT2D eigenvalue weighted by Crippen LogP contribution is 2.47. The van der Waals surface area contributed by atoms with Gasteiger partial charge in [0.25, 0.3) is 0 Å². The van der Waals surface area contributed by atoms with Gasteiger partial charge in [0.05, 0.1) is 23.4 Å². The molecule has 5 nitrogen and oxygen atoms in total. The number of hydrogen-bond acceptors (Lipinski definition) is 4. The molecule has 31 heavy (non-hydrogen) atoms. The highest BCUT2D eigenvalue weighted by molar-refractivity contribution is 6.29. The maximum Gasteiger partial charge on any atom is 0.241 e. The largest absolute Gasteiger partial charge is 0.323 e. The van der Waals surface area contributed by atoms with Crippen molar-refractivity contribution in [3.8, 4) is 0 Å². The van der Waals surface area contributed by atoms with E-state index in [2.05, 4.69) is 20.2 Å². The molecular formula is C24H24ClFN4O. The van der Waals surface area contributed by atoms with Crippen LogP contribution in [0.1, 0.15) is 31.2 Å². The first-order valence-corrected chi connectivity index (χ1v) is 11.1. The third kappa shape index (κ3) is 4.02. The number of likely N-dealkylation sites (tertiary alicyclic amines) is 1. The van der Waals surface area contributed by atoms with Crippen LogP contribution >= 0.6 is 11.6 Å². The quantitative estimate of drug-likeness (QED) is 0.590.